The van der Waals surface area contributed by atoms with Crippen LogP contribution < -0.4 is 0 Å². The summed E-state index contributed by atoms with van der Waals surface area (Å²) in [6, 6.07) is 3.65. The molecule has 1 heterocycles. The van der Waals surface area contributed by atoms with Crippen molar-refractivity contribution < 1.29 is 26.1 Å². The zero-order valence-corrected chi connectivity index (χ0v) is 14.5. The Hall–Kier alpha value is -2.13. The fraction of sp³-hybridized carbons (Fsp3) is 0.312. The van der Waals surface area contributed by atoms with E-state index >= 15 is 0 Å². The van der Waals surface area contributed by atoms with Crippen molar-refractivity contribution in [2.24, 2.45) is 0 Å². The second-order valence-electron chi connectivity index (χ2n) is 5.41. The van der Waals surface area contributed by atoms with Crippen LogP contribution in [0.15, 0.2) is 46.3 Å². The molecule has 1 aromatic heterocycles. The highest BCUT2D eigenvalue weighted by molar-refractivity contribution is 7.89. The number of sulfonamides is 1. The molecule has 2 aromatic rings. The Morgan fingerprint density at radius 2 is 2.00 bits per heavy atom. The minimum atomic E-state index is -4.63. The van der Waals surface area contributed by atoms with E-state index < -0.39 is 26.7 Å². The molecule has 0 saturated carbocycles. The molecule has 136 valence electrons. The van der Waals surface area contributed by atoms with Crippen LogP contribution in [0.4, 0.5) is 13.2 Å². The summed E-state index contributed by atoms with van der Waals surface area (Å²) in [5.74, 6) is 0.450. The molecule has 0 saturated heterocycles. The monoisotopic (exact) mass is 374 g/mol. The maximum Gasteiger partial charge on any atom is 0.416 e. The maximum absolute atomic E-state index is 12.9. The molecule has 0 radical (unpaired) electrons. The van der Waals surface area contributed by atoms with E-state index in [1.54, 1.807) is 13.8 Å². The number of aryl methyl sites for hydroxylation is 2. The molecule has 0 aliphatic rings. The summed E-state index contributed by atoms with van der Waals surface area (Å²) in [6.45, 7) is 6.67. The predicted molar refractivity (Wildman–Crippen MR) is 85.2 cm³/mol. The number of alkyl halides is 3. The van der Waals surface area contributed by atoms with Crippen LogP contribution in [0, 0.1) is 13.8 Å². The van der Waals surface area contributed by atoms with E-state index in [2.05, 4.69) is 11.7 Å². The third-order valence-electron chi connectivity index (χ3n) is 3.65. The Morgan fingerprint density at radius 1 is 1.32 bits per heavy atom. The first-order valence-electron chi connectivity index (χ1n) is 7.27. The van der Waals surface area contributed by atoms with E-state index in [4.69, 9.17) is 4.52 Å². The minimum absolute atomic E-state index is 0.0668. The Labute approximate surface area is 143 Å². The molecule has 9 heteroatoms. The van der Waals surface area contributed by atoms with E-state index in [0.29, 0.717) is 23.1 Å². The molecule has 0 spiro atoms. The van der Waals surface area contributed by atoms with Gasteiger partial charge in [-0.1, -0.05) is 17.3 Å². The van der Waals surface area contributed by atoms with E-state index in [1.807, 2.05) is 0 Å². The van der Waals surface area contributed by atoms with Gasteiger partial charge in [-0.25, -0.2) is 8.42 Å². The van der Waals surface area contributed by atoms with Crippen molar-refractivity contribution in [3.05, 3.63) is 59.5 Å². The first-order chi connectivity index (χ1) is 11.6. The lowest BCUT2D eigenvalue weighted by Crippen LogP contribution is -2.31. The lowest BCUT2D eigenvalue weighted by Gasteiger charge is -2.21. The van der Waals surface area contributed by atoms with Crippen molar-refractivity contribution in [1.29, 1.82) is 0 Å². The average molecular weight is 374 g/mol. The molecule has 0 atom stereocenters. The van der Waals surface area contributed by atoms with Crippen molar-refractivity contribution in [1.82, 2.24) is 9.46 Å². The van der Waals surface area contributed by atoms with E-state index in [-0.39, 0.29) is 13.1 Å². The van der Waals surface area contributed by atoms with Gasteiger partial charge in [0.2, 0.25) is 10.0 Å². The van der Waals surface area contributed by atoms with Gasteiger partial charge in [-0.05, 0) is 32.0 Å². The molecular weight excluding hydrogens is 357 g/mol. The van der Waals surface area contributed by atoms with Gasteiger partial charge in [0, 0.05) is 18.7 Å². The number of hydrogen-bond donors (Lipinski definition) is 0. The Morgan fingerprint density at radius 3 is 2.52 bits per heavy atom. The highest BCUT2D eigenvalue weighted by Crippen LogP contribution is 2.31. The smallest absolute Gasteiger partial charge is 0.361 e. The number of aromatic nitrogens is 1. The van der Waals surface area contributed by atoms with Crippen LogP contribution >= 0.6 is 0 Å². The summed E-state index contributed by atoms with van der Waals surface area (Å²) >= 11 is 0. The van der Waals surface area contributed by atoms with Crippen molar-refractivity contribution in [3.8, 4) is 0 Å². The van der Waals surface area contributed by atoms with Crippen LogP contribution in [0.1, 0.15) is 22.6 Å². The maximum atomic E-state index is 12.9. The van der Waals surface area contributed by atoms with E-state index in [9.17, 15) is 21.6 Å². The standard InChI is InChI=1S/C16H17F3N2O3S/c1-4-8-21(10-15-11(2)20-24-12(15)3)25(22,23)14-7-5-6-13(9-14)16(17,18)19/h4-7,9H,1,8,10H2,2-3H3. The summed E-state index contributed by atoms with van der Waals surface area (Å²) in [6.07, 6.45) is -3.26. The summed E-state index contributed by atoms with van der Waals surface area (Å²) in [5.41, 5.74) is 0.0627. The van der Waals surface area contributed by atoms with Gasteiger partial charge in [-0.3, -0.25) is 0 Å². The largest absolute Gasteiger partial charge is 0.416 e. The molecular formula is C16H17F3N2O3S. The molecule has 25 heavy (non-hydrogen) atoms. The summed E-state index contributed by atoms with van der Waals surface area (Å²) in [4.78, 5) is -0.434. The van der Waals surface area contributed by atoms with Crippen LogP contribution in [-0.4, -0.2) is 24.4 Å². The van der Waals surface area contributed by atoms with Gasteiger partial charge >= 0.3 is 6.18 Å². The molecule has 0 fully saturated rings. The van der Waals surface area contributed by atoms with Crippen molar-refractivity contribution >= 4 is 10.0 Å². The van der Waals surface area contributed by atoms with Gasteiger partial charge in [0.15, 0.2) is 0 Å². The van der Waals surface area contributed by atoms with E-state index in [1.165, 1.54) is 6.08 Å². The van der Waals surface area contributed by atoms with Gasteiger partial charge in [0.1, 0.15) is 5.76 Å². The second-order valence-corrected chi connectivity index (χ2v) is 7.35. The number of benzene rings is 1. The lowest BCUT2D eigenvalue weighted by molar-refractivity contribution is -0.137. The SMILES string of the molecule is C=CCN(Cc1c(C)noc1C)S(=O)(=O)c1cccc(C(F)(F)F)c1. The highest BCUT2D eigenvalue weighted by Gasteiger charge is 2.33. The average Bonchev–Trinajstić information content (AvgIpc) is 2.85. The first-order valence-corrected chi connectivity index (χ1v) is 8.71. The molecule has 0 aliphatic carbocycles. The molecule has 0 N–H and O–H groups in total. The fourth-order valence-electron chi connectivity index (χ4n) is 2.28. The molecule has 5 nitrogen and oxygen atoms in total. The lowest BCUT2D eigenvalue weighted by atomic mass is 10.2. The van der Waals surface area contributed by atoms with Gasteiger partial charge in [0.05, 0.1) is 16.2 Å². The molecule has 1 aromatic carbocycles. The topological polar surface area (TPSA) is 63.4 Å². The number of halogens is 3. The summed E-state index contributed by atoms with van der Waals surface area (Å²) in [7, 11) is -4.16. The predicted octanol–water partition coefficient (Wildman–Crippen LogP) is 3.69. The summed E-state index contributed by atoms with van der Waals surface area (Å²) < 4.78 is 70.3. The van der Waals surface area contributed by atoms with Crippen LogP contribution in [0.25, 0.3) is 0 Å². The normalized spacial score (nSPS) is 12.6. The van der Waals surface area contributed by atoms with Crippen molar-refractivity contribution in [3.63, 3.8) is 0 Å². The Kier molecular flexibility index (Phi) is 5.38. The molecule has 0 bridgehead atoms. The number of rotatable bonds is 6. The number of nitrogens with zero attached hydrogens (tertiary/aromatic N) is 2. The fourth-order valence-corrected chi connectivity index (χ4v) is 3.70. The van der Waals surface area contributed by atoms with Gasteiger partial charge < -0.3 is 4.52 Å². The van der Waals surface area contributed by atoms with Gasteiger partial charge in [0.25, 0.3) is 0 Å². The zero-order chi connectivity index (χ0) is 18.8. The second kappa shape index (κ2) is 7.01. The molecule has 2 rings (SSSR count). The Bertz CT molecular complexity index is 853. The molecule has 0 unspecified atom stereocenters. The van der Waals surface area contributed by atoms with Crippen LogP contribution in [0.5, 0.6) is 0 Å². The first kappa shape index (κ1) is 19.2. The van der Waals surface area contributed by atoms with Gasteiger partial charge in [-0.2, -0.15) is 17.5 Å². The van der Waals surface area contributed by atoms with Crippen molar-refractivity contribution in [2.75, 3.05) is 6.54 Å². The zero-order valence-electron chi connectivity index (χ0n) is 13.7. The van der Waals surface area contributed by atoms with Gasteiger partial charge in [-0.15, -0.1) is 6.58 Å². The third-order valence-corrected chi connectivity index (χ3v) is 5.46. The Balaban J connectivity index is 2.45. The van der Waals surface area contributed by atoms with Crippen molar-refractivity contribution in [2.45, 2.75) is 31.5 Å². The van der Waals surface area contributed by atoms with E-state index in [0.717, 1.165) is 22.5 Å². The molecule has 0 aliphatic heterocycles. The highest BCUT2D eigenvalue weighted by atomic mass is 32.2. The van der Waals surface area contributed by atoms with Crippen LogP contribution in [0.3, 0.4) is 0 Å². The van der Waals surface area contributed by atoms with Crippen LogP contribution in [-0.2, 0) is 22.7 Å². The quantitative estimate of drug-likeness (QED) is 0.724. The minimum Gasteiger partial charge on any atom is -0.361 e. The summed E-state index contributed by atoms with van der Waals surface area (Å²) in [5, 5.41) is 3.76. The molecule has 0 amide bonds. The van der Waals surface area contributed by atoms with Crippen LogP contribution in [0.2, 0.25) is 0 Å². The third kappa shape index (κ3) is 4.10. The number of hydrogen-bond acceptors (Lipinski definition) is 4.